The minimum atomic E-state index is -0.621. The first-order chi connectivity index (χ1) is 6.17. The highest BCUT2D eigenvalue weighted by Crippen LogP contribution is 2.10. The molecular formula is C9H10F2N2. The van der Waals surface area contributed by atoms with Crippen molar-refractivity contribution in [3.63, 3.8) is 0 Å². The van der Waals surface area contributed by atoms with Crippen molar-refractivity contribution >= 4 is 5.71 Å². The Kier molecular flexibility index (Phi) is 2.95. The van der Waals surface area contributed by atoms with Crippen LogP contribution in [-0.4, -0.2) is 5.71 Å². The Bertz CT molecular complexity index is 314. The Morgan fingerprint density at radius 1 is 1.31 bits per heavy atom. The molecule has 13 heavy (non-hydrogen) atoms. The molecule has 0 bridgehead atoms. The average molecular weight is 184 g/mol. The number of halogens is 2. The van der Waals surface area contributed by atoms with Crippen molar-refractivity contribution < 1.29 is 8.78 Å². The molecule has 0 saturated heterocycles. The smallest absolute Gasteiger partial charge is 0.126 e. The molecule has 0 saturated carbocycles. The van der Waals surface area contributed by atoms with E-state index in [-0.39, 0.29) is 0 Å². The molecule has 0 unspecified atom stereocenters. The number of benzene rings is 1. The molecule has 0 atom stereocenters. The van der Waals surface area contributed by atoms with Crippen molar-refractivity contribution in [1.29, 1.82) is 0 Å². The van der Waals surface area contributed by atoms with Gasteiger partial charge in [0.2, 0.25) is 0 Å². The van der Waals surface area contributed by atoms with Crippen LogP contribution in [0.3, 0.4) is 0 Å². The van der Waals surface area contributed by atoms with Gasteiger partial charge in [-0.25, -0.2) is 8.78 Å². The highest BCUT2D eigenvalue weighted by atomic mass is 19.1. The van der Waals surface area contributed by atoms with Crippen molar-refractivity contribution in [3.05, 3.63) is 35.4 Å². The lowest BCUT2D eigenvalue weighted by atomic mass is 10.1. The monoisotopic (exact) mass is 184 g/mol. The molecule has 0 spiro atoms. The van der Waals surface area contributed by atoms with Gasteiger partial charge in [-0.05, 0) is 18.6 Å². The summed E-state index contributed by atoms with van der Waals surface area (Å²) in [6, 6.07) is 3.23. The van der Waals surface area contributed by atoms with E-state index in [0.717, 1.165) is 6.07 Å². The summed E-state index contributed by atoms with van der Waals surface area (Å²) in [7, 11) is 0. The standard InChI is InChI=1S/C9H10F2N2/c1-2-9(13-12)6-3-7(10)5-8(11)4-6/h3-5H,2,12H2,1H3/b13-9-. The topological polar surface area (TPSA) is 38.4 Å². The number of hydrogen-bond donors (Lipinski definition) is 1. The summed E-state index contributed by atoms with van der Waals surface area (Å²) in [4.78, 5) is 0. The Balaban J connectivity index is 3.14. The zero-order valence-electron chi connectivity index (χ0n) is 7.22. The molecule has 0 aliphatic heterocycles. The lowest BCUT2D eigenvalue weighted by Gasteiger charge is -2.02. The van der Waals surface area contributed by atoms with Crippen LogP contribution in [0.1, 0.15) is 18.9 Å². The first-order valence-electron chi connectivity index (χ1n) is 3.90. The number of hydrogen-bond acceptors (Lipinski definition) is 2. The highest BCUT2D eigenvalue weighted by Gasteiger charge is 2.04. The summed E-state index contributed by atoms with van der Waals surface area (Å²) in [5.41, 5.74) is 0.876. The maximum absolute atomic E-state index is 12.7. The Hall–Kier alpha value is -1.45. The largest absolute Gasteiger partial charge is 0.323 e. The molecule has 0 aliphatic carbocycles. The van der Waals surface area contributed by atoms with Gasteiger partial charge in [0.1, 0.15) is 11.6 Å². The molecule has 0 fully saturated rings. The van der Waals surface area contributed by atoms with E-state index in [4.69, 9.17) is 5.84 Å². The maximum atomic E-state index is 12.7. The van der Waals surface area contributed by atoms with Gasteiger partial charge in [-0.3, -0.25) is 0 Å². The maximum Gasteiger partial charge on any atom is 0.126 e. The van der Waals surface area contributed by atoms with Gasteiger partial charge in [0.25, 0.3) is 0 Å². The van der Waals surface area contributed by atoms with Crippen molar-refractivity contribution in [2.75, 3.05) is 0 Å². The predicted molar refractivity (Wildman–Crippen MR) is 47.4 cm³/mol. The molecule has 0 radical (unpaired) electrons. The van der Waals surface area contributed by atoms with Gasteiger partial charge in [0.05, 0.1) is 5.71 Å². The van der Waals surface area contributed by atoms with Crippen molar-refractivity contribution in [2.45, 2.75) is 13.3 Å². The first kappa shape index (κ1) is 9.64. The lowest BCUT2D eigenvalue weighted by Crippen LogP contribution is -2.03. The fourth-order valence-corrected chi connectivity index (χ4v) is 1.09. The molecule has 0 amide bonds. The van der Waals surface area contributed by atoms with Crippen LogP contribution in [0.25, 0.3) is 0 Å². The zero-order valence-corrected chi connectivity index (χ0v) is 7.22. The van der Waals surface area contributed by atoms with E-state index in [2.05, 4.69) is 5.10 Å². The summed E-state index contributed by atoms with van der Waals surface area (Å²) in [6.45, 7) is 1.81. The van der Waals surface area contributed by atoms with E-state index < -0.39 is 11.6 Å². The van der Waals surface area contributed by atoms with E-state index in [1.165, 1.54) is 12.1 Å². The third kappa shape index (κ3) is 2.24. The second-order valence-corrected chi connectivity index (χ2v) is 2.59. The molecular weight excluding hydrogens is 174 g/mol. The van der Waals surface area contributed by atoms with Crippen molar-refractivity contribution in [3.8, 4) is 0 Å². The summed E-state index contributed by atoms with van der Waals surface area (Å²) < 4.78 is 25.5. The number of rotatable bonds is 2. The van der Waals surface area contributed by atoms with Gasteiger partial charge in [0.15, 0.2) is 0 Å². The van der Waals surface area contributed by atoms with Gasteiger partial charge in [0, 0.05) is 11.6 Å². The third-order valence-corrected chi connectivity index (χ3v) is 1.69. The lowest BCUT2D eigenvalue weighted by molar-refractivity contribution is 0.582. The van der Waals surface area contributed by atoms with Crippen molar-refractivity contribution in [1.82, 2.24) is 0 Å². The Labute approximate surface area is 75.1 Å². The van der Waals surface area contributed by atoms with E-state index in [0.29, 0.717) is 17.7 Å². The Morgan fingerprint density at radius 3 is 2.23 bits per heavy atom. The Morgan fingerprint density at radius 2 is 1.85 bits per heavy atom. The highest BCUT2D eigenvalue weighted by molar-refractivity contribution is 6.00. The molecule has 1 aromatic rings. The van der Waals surface area contributed by atoms with Crippen LogP contribution in [0.15, 0.2) is 23.3 Å². The zero-order chi connectivity index (χ0) is 9.84. The molecule has 4 heteroatoms. The molecule has 0 heterocycles. The summed E-state index contributed by atoms with van der Waals surface area (Å²) in [5, 5.41) is 3.44. The molecule has 0 aromatic heterocycles. The molecule has 1 rings (SSSR count). The average Bonchev–Trinajstić information content (AvgIpc) is 2.04. The van der Waals surface area contributed by atoms with E-state index in [1.807, 2.05) is 6.92 Å². The molecule has 0 aliphatic rings. The predicted octanol–water partition coefficient (Wildman–Crippen LogP) is 2.04. The van der Waals surface area contributed by atoms with Gasteiger partial charge < -0.3 is 5.84 Å². The van der Waals surface area contributed by atoms with E-state index in [9.17, 15) is 8.78 Å². The molecule has 2 N–H and O–H groups in total. The van der Waals surface area contributed by atoms with Gasteiger partial charge in [-0.15, -0.1) is 0 Å². The second-order valence-electron chi connectivity index (χ2n) is 2.59. The van der Waals surface area contributed by atoms with Crippen LogP contribution >= 0.6 is 0 Å². The summed E-state index contributed by atoms with van der Waals surface area (Å²) in [6.07, 6.45) is 0.541. The van der Waals surface area contributed by atoms with Crippen LogP contribution in [0.5, 0.6) is 0 Å². The van der Waals surface area contributed by atoms with Crippen LogP contribution in [-0.2, 0) is 0 Å². The van der Waals surface area contributed by atoms with E-state index >= 15 is 0 Å². The minimum Gasteiger partial charge on any atom is -0.323 e. The minimum absolute atomic E-state index is 0.391. The summed E-state index contributed by atoms with van der Waals surface area (Å²) >= 11 is 0. The number of nitrogens with two attached hydrogens (primary N) is 1. The van der Waals surface area contributed by atoms with Gasteiger partial charge in [-0.2, -0.15) is 5.10 Å². The van der Waals surface area contributed by atoms with Crippen LogP contribution in [0, 0.1) is 11.6 Å². The number of hydrazone groups is 1. The summed E-state index contributed by atoms with van der Waals surface area (Å²) in [5.74, 6) is 3.82. The van der Waals surface area contributed by atoms with Gasteiger partial charge in [-0.1, -0.05) is 6.92 Å². The molecule has 2 nitrogen and oxygen atoms in total. The first-order valence-corrected chi connectivity index (χ1v) is 3.90. The van der Waals surface area contributed by atoms with Crippen LogP contribution < -0.4 is 5.84 Å². The third-order valence-electron chi connectivity index (χ3n) is 1.69. The normalized spacial score (nSPS) is 11.8. The van der Waals surface area contributed by atoms with Crippen LogP contribution in [0.4, 0.5) is 8.78 Å². The number of nitrogens with zero attached hydrogens (tertiary/aromatic N) is 1. The van der Waals surface area contributed by atoms with Crippen molar-refractivity contribution in [2.24, 2.45) is 10.9 Å². The molecule has 1 aromatic carbocycles. The quantitative estimate of drug-likeness (QED) is 0.426. The SMILES string of the molecule is CC/C(=N/N)c1cc(F)cc(F)c1. The van der Waals surface area contributed by atoms with Gasteiger partial charge >= 0.3 is 0 Å². The second kappa shape index (κ2) is 3.98. The fraction of sp³-hybridized carbons (Fsp3) is 0.222. The van der Waals surface area contributed by atoms with E-state index in [1.54, 1.807) is 0 Å². The molecule has 70 valence electrons. The fourth-order valence-electron chi connectivity index (χ4n) is 1.09. The van der Waals surface area contributed by atoms with Crippen LogP contribution in [0.2, 0.25) is 0 Å².